The van der Waals surface area contributed by atoms with Crippen molar-refractivity contribution in [3.63, 3.8) is 0 Å². The highest BCUT2D eigenvalue weighted by molar-refractivity contribution is 6.20. The third-order valence-electron chi connectivity index (χ3n) is 2.89. The molecule has 71 valence electrons. The molecule has 1 heteroatoms. The highest BCUT2D eigenvalue weighted by Gasteiger charge is 2.20. The Labute approximate surface area is 81.7 Å². The molecular weight excluding hydrogens is 168 g/mol. The molecule has 0 aromatic heterocycles. The molecule has 1 rings (SSSR count). The van der Waals surface area contributed by atoms with Crippen molar-refractivity contribution in [3.8, 4) is 0 Å². The summed E-state index contributed by atoms with van der Waals surface area (Å²) in [5.41, 5.74) is 0. The molecule has 12 heavy (non-hydrogen) atoms. The lowest BCUT2D eigenvalue weighted by atomic mass is 9.85. The Morgan fingerprint density at radius 2 is 1.92 bits per heavy atom. The van der Waals surface area contributed by atoms with Crippen LogP contribution < -0.4 is 0 Å². The zero-order chi connectivity index (χ0) is 8.81. The van der Waals surface area contributed by atoms with Gasteiger partial charge >= 0.3 is 0 Å². The Hall–Kier alpha value is 0.290. The number of rotatable bonds is 4. The Morgan fingerprint density at radius 3 is 2.50 bits per heavy atom. The fourth-order valence-corrected chi connectivity index (χ4v) is 2.48. The van der Waals surface area contributed by atoms with Gasteiger partial charge < -0.3 is 0 Å². The molecule has 0 aromatic carbocycles. The van der Waals surface area contributed by atoms with Gasteiger partial charge in [-0.25, -0.2) is 0 Å². The van der Waals surface area contributed by atoms with Crippen molar-refractivity contribution < 1.29 is 0 Å². The second-order valence-electron chi connectivity index (χ2n) is 3.91. The average molecular weight is 188 g/mol. The number of hydrogen-bond donors (Lipinski definition) is 0. The predicted molar refractivity (Wildman–Crippen MR) is 55.4 cm³/mol. The molecule has 1 saturated carbocycles. The Morgan fingerprint density at radius 1 is 1.25 bits per heavy atom. The molecule has 1 fully saturated rings. The molecule has 0 bridgehead atoms. The summed E-state index contributed by atoms with van der Waals surface area (Å²) in [6.07, 6.45) is 10.4. The van der Waals surface area contributed by atoms with Crippen LogP contribution in [0.1, 0.15) is 51.4 Å². The van der Waals surface area contributed by atoms with Crippen molar-refractivity contribution in [1.82, 2.24) is 0 Å². The largest absolute Gasteiger partial charge is 0.123 e. The van der Waals surface area contributed by atoms with Gasteiger partial charge in [0.15, 0.2) is 0 Å². The van der Waals surface area contributed by atoms with Crippen LogP contribution in [0, 0.1) is 12.8 Å². The van der Waals surface area contributed by atoms with Crippen LogP contribution in [0.15, 0.2) is 0 Å². The summed E-state index contributed by atoms with van der Waals surface area (Å²) >= 11 is 6.31. The third-order valence-corrected chi connectivity index (χ3v) is 3.47. The highest BCUT2D eigenvalue weighted by atomic mass is 35.5. The van der Waals surface area contributed by atoms with E-state index in [4.69, 9.17) is 11.6 Å². The van der Waals surface area contributed by atoms with E-state index in [0.29, 0.717) is 5.38 Å². The lowest BCUT2D eigenvalue weighted by Gasteiger charge is -2.25. The van der Waals surface area contributed by atoms with E-state index in [1.165, 1.54) is 44.9 Å². The van der Waals surface area contributed by atoms with Gasteiger partial charge in [-0.05, 0) is 25.2 Å². The molecule has 0 aliphatic heterocycles. The molecule has 0 nitrogen and oxygen atoms in total. The minimum Gasteiger partial charge on any atom is -0.123 e. The molecule has 1 unspecified atom stereocenters. The van der Waals surface area contributed by atoms with Crippen molar-refractivity contribution >= 4 is 11.6 Å². The van der Waals surface area contributed by atoms with Crippen molar-refractivity contribution in [3.05, 3.63) is 6.92 Å². The first kappa shape index (κ1) is 10.4. The van der Waals surface area contributed by atoms with E-state index < -0.39 is 0 Å². The fourth-order valence-electron chi connectivity index (χ4n) is 2.07. The van der Waals surface area contributed by atoms with Gasteiger partial charge in [-0.1, -0.05) is 39.0 Å². The zero-order valence-electron chi connectivity index (χ0n) is 7.90. The van der Waals surface area contributed by atoms with Gasteiger partial charge in [-0.2, -0.15) is 0 Å². The molecule has 1 aliphatic rings. The molecular formula is C11H20Cl. The van der Waals surface area contributed by atoms with Gasteiger partial charge in [0, 0.05) is 5.38 Å². The third kappa shape index (κ3) is 3.35. The van der Waals surface area contributed by atoms with Crippen LogP contribution in [0.2, 0.25) is 0 Å². The summed E-state index contributed by atoms with van der Waals surface area (Å²) in [6.45, 7) is 3.84. The van der Waals surface area contributed by atoms with Crippen LogP contribution in [-0.2, 0) is 0 Å². The first-order chi connectivity index (χ1) is 5.84. The first-order valence-corrected chi connectivity index (χ1v) is 5.71. The monoisotopic (exact) mass is 187 g/mol. The number of unbranched alkanes of at least 4 members (excludes halogenated alkanes) is 1. The van der Waals surface area contributed by atoms with E-state index in [9.17, 15) is 0 Å². The molecule has 1 radical (unpaired) electrons. The molecule has 1 atom stereocenters. The SMILES string of the molecule is [CH2]CCCC(Cl)C1CCCCC1. The predicted octanol–water partition coefficient (Wildman–Crippen LogP) is 4.18. The quantitative estimate of drug-likeness (QED) is 0.580. The number of halogens is 1. The molecule has 1 aliphatic carbocycles. The maximum Gasteiger partial charge on any atom is 0.0364 e. The Balaban J connectivity index is 2.15. The lowest BCUT2D eigenvalue weighted by Crippen LogP contribution is -2.17. The van der Waals surface area contributed by atoms with Crippen molar-refractivity contribution in [1.29, 1.82) is 0 Å². The van der Waals surface area contributed by atoms with Crippen molar-refractivity contribution in [2.24, 2.45) is 5.92 Å². The molecule has 0 spiro atoms. The standard InChI is InChI=1S/C11H20Cl/c1-2-3-9-11(12)10-7-5-4-6-8-10/h10-11H,1-9H2. The maximum atomic E-state index is 6.31. The van der Waals surface area contributed by atoms with E-state index in [1.54, 1.807) is 0 Å². The van der Waals surface area contributed by atoms with E-state index >= 15 is 0 Å². The Bertz CT molecular complexity index is 106. The topological polar surface area (TPSA) is 0 Å². The van der Waals surface area contributed by atoms with E-state index in [0.717, 1.165) is 12.3 Å². The first-order valence-electron chi connectivity index (χ1n) is 5.28. The van der Waals surface area contributed by atoms with Crippen LogP contribution in [0.25, 0.3) is 0 Å². The van der Waals surface area contributed by atoms with E-state index in [-0.39, 0.29) is 0 Å². The summed E-state index contributed by atoms with van der Waals surface area (Å²) in [7, 11) is 0. The van der Waals surface area contributed by atoms with Crippen LogP contribution in [0.4, 0.5) is 0 Å². The van der Waals surface area contributed by atoms with E-state index in [2.05, 4.69) is 6.92 Å². The minimum atomic E-state index is 0.437. The van der Waals surface area contributed by atoms with Crippen LogP contribution in [0.5, 0.6) is 0 Å². The van der Waals surface area contributed by atoms with Crippen LogP contribution in [-0.4, -0.2) is 5.38 Å². The van der Waals surface area contributed by atoms with Gasteiger partial charge in [-0.15, -0.1) is 11.6 Å². The fraction of sp³-hybridized carbons (Fsp3) is 0.909. The molecule has 0 saturated heterocycles. The molecule has 0 heterocycles. The summed E-state index contributed by atoms with van der Waals surface area (Å²) in [4.78, 5) is 0. The van der Waals surface area contributed by atoms with Gasteiger partial charge in [0.1, 0.15) is 0 Å². The smallest absolute Gasteiger partial charge is 0.0364 e. The second-order valence-corrected chi connectivity index (χ2v) is 4.47. The summed E-state index contributed by atoms with van der Waals surface area (Å²) in [5, 5.41) is 0.437. The lowest BCUT2D eigenvalue weighted by molar-refractivity contribution is 0.335. The molecule has 0 amide bonds. The maximum absolute atomic E-state index is 6.31. The zero-order valence-corrected chi connectivity index (χ0v) is 8.65. The number of alkyl halides is 1. The molecule has 0 aromatic rings. The van der Waals surface area contributed by atoms with Crippen LogP contribution in [0.3, 0.4) is 0 Å². The normalized spacial score (nSPS) is 22.5. The number of hydrogen-bond acceptors (Lipinski definition) is 0. The summed E-state index contributed by atoms with van der Waals surface area (Å²) in [5.74, 6) is 0.812. The Kier molecular flexibility index (Phi) is 5.06. The van der Waals surface area contributed by atoms with Crippen molar-refractivity contribution in [2.75, 3.05) is 0 Å². The van der Waals surface area contributed by atoms with Gasteiger partial charge in [0.2, 0.25) is 0 Å². The second kappa shape index (κ2) is 5.85. The van der Waals surface area contributed by atoms with E-state index in [1.807, 2.05) is 0 Å². The van der Waals surface area contributed by atoms with Gasteiger partial charge in [0.05, 0.1) is 0 Å². The van der Waals surface area contributed by atoms with Crippen molar-refractivity contribution in [2.45, 2.75) is 56.7 Å². The average Bonchev–Trinajstić information content (AvgIpc) is 2.15. The minimum absolute atomic E-state index is 0.437. The molecule has 0 N–H and O–H groups in total. The summed E-state index contributed by atoms with van der Waals surface area (Å²) < 4.78 is 0. The highest BCUT2D eigenvalue weighted by Crippen LogP contribution is 2.31. The van der Waals surface area contributed by atoms with Gasteiger partial charge in [-0.3, -0.25) is 0 Å². The van der Waals surface area contributed by atoms with Crippen LogP contribution >= 0.6 is 11.6 Å². The van der Waals surface area contributed by atoms with Gasteiger partial charge in [0.25, 0.3) is 0 Å². The summed E-state index contributed by atoms with van der Waals surface area (Å²) in [6, 6.07) is 0.